The molecule has 12 heavy (non-hydrogen) atoms. The lowest BCUT2D eigenvalue weighted by molar-refractivity contribution is 0.0659. The van der Waals surface area contributed by atoms with Crippen molar-refractivity contribution in [3.05, 3.63) is 23.2 Å². The Hall–Kier alpha value is -1.58. The van der Waals surface area contributed by atoms with E-state index < -0.39 is 5.97 Å². The molecule has 0 saturated heterocycles. The Kier molecular flexibility index (Phi) is 1.99. The fraction of sp³-hybridized carbons (Fsp3) is 0.250. The molecule has 0 unspecified atom stereocenters. The first-order valence-corrected chi connectivity index (χ1v) is 3.37. The van der Waals surface area contributed by atoms with Gasteiger partial charge in [0.05, 0.1) is 0 Å². The zero-order chi connectivity index (χ0) is 9.30. The van der Waals surface area contributed by atoms with Crippen LogP contribution < -0.4 is 0 Å². The van der Waals surface area contributed by atoms with Crippen molar-refractivity contribution in [3.63, 3.8) is 0 Å². The third-order valence-electron chi connectivity index (χ3n) is 1.46. The molecule has 1 N–H and O–H groups in total. The van der Waals surface area contributed by atoms with Crippen LogP contribution >= 0.6 is 0 Å². The molecule has 0 bridgehead atoms. The molecule has 0 aromatic carbocycles. The Labute approximate surface area is 68.8 Å². The van der Waals surface area contributed by atoms with Crippen molar-refractivity contribution in [3.8, 4) is 0 Å². The normalized spacial score (nSPS) is 9.83. The summed E-state index contributed by atoms with van der Waals surface area (Å²) in [6.45, 7) is 2.91. The van der Waals surface area contributed by atoms with Gasteiger partial charge in [-0.05, 0) is 13.0 Å². The van der Waals surface area contributed by atoms with E-state index >= 15 is 0 Å². The van der Waals surface area contributed by atoms with Gasteiger partial charge in [-0.15, -0.1) is 0 Å². The molecular formula is C8H8O4. The second-order valence-corrected chi connectivity index (χ2v) is 2.48. The fourth-order valence-electron chi connectivity index (χ4n) is 0.868. The van der Waals surface area contributed by atoms with Crippen LogP contribution in [0.3, 0.4) is 0 Å². The minimum Gasteiger partial charge on any atom is -0.475 e. The van der Waals surface area contributed by atoms with E-state index in [-0.39, 0.29) is 17.3 Å². The van der Waals surface area contributed by atoms with Gasteiger partial charge in [-0.2, -0.15) is 0 Å². The van der Waals surface area contributed by atoms with Gasteiger partial charge in [-0.25, -0.2) is 4.79 Å². The van der Waals surface area contributed by atoms with Crippen molar-refractivity contribution >= 4 is 11.8 Å². The Morgan fingerprint density at radius 1 is 1.50 bits per heavy atom. The van der Waals surface area contributed by atoms with E-state index in [0.717, 1.165) is 0 Å². The summed E-state index contributed by atoms with van der Waals surface area (Å²) < 4.78 is 4.79. The Morgan fingerprint density at radius 2 is 2.08 bits per heavy atom. The van der Waals surface area contributed by atoms with Gasteiger partial charge < -0.3 is 9.52 Å². The summed E-state index contributed by atoms with van der Waals surface area (Å²) in [6.07, 6.45) is 0. The summed E-state index contributed by atoms with van der Waals surface area (Å²) in [4.78, 5) is 21.2. The average molecular weight is 168 g/mol. The molecular weight excluding hydrogens is 160 g/mol. The van der Waals surface area contributed by atoms with Gasteiger partial charge >= 0.3 is 5.97 Å². The Bertz CT molecular complexity index is 335. The number of carboxylic acids is 1. The number of carbonyl (C=O) groups excluding carboxylic acids is 1. The second kappa shape index (κ2) is 2.81. The molecule has 0 atom stereocenters. The number of hydrogen-bond acceptors (Lipinski definition) is 3. The molecule has 1 rings (SSSR count). The van der Waals surface area contributed by atoms with Crippen LogP contribution in [0.1, 0.15) is 33.6 Å². The minimum absolute atomic E-state index is 0.0879. The summed E-state index contributed by atoms with van der Waals surface area (Å²) >= 11 is 0. The number of carboxylic acid groups (broad SMARTS) is 1. The van der Waals surface area contributed by atoms with Crippen molar-refractivity contribution in [2.75, 3.05) is 0 Å². The number of furan rings is 1. The van der Waals surface area contributed by atoms with E-state index in [9.17, 15) is 9.59 Å². The molecule has 1 heterocycles. The van der Waals surface area contributed by atoms with Crippen LogP contribution in [0.5, 0.6) is 0 Å². The van der Waals surface area contributed by atoms with Crippen molar-refractivity contribution < 1.29 is 19.1 Å². The van der Waals surface area contributed by atoms with Gasteiger partial charge in [0.2, 0.25) is 5.76 Å². The van der Waals surface area contributed by atoms with E-state index in [0.29, 0.717) is 5.56 Å². The van der Waals surface area contributed by atoms with Crippen molar-refractivity contribution in [1.82, 2.24) is 0 Å². The summed E-state index contributed by atoms with van der Waals surface area (Å²) in [6, 6.07) is 1.42. The molecule has 1 aromatic rings. The van der Waals surface area contributed by atoms with Gasteiger partial charge in [0, 0.05) is 12.5 Å². The highest BCUT2D eigenvalue weighted by Crippen LogP contribution is 2.14. The number of ketones is 1. The van der Waals surface area contributed by atoms with Crippen LogP contribution in [0.25, 0.3) is 0 Å². The van der Waals surface area contributed by atoms with Crippen LogP contribution in [0, 0.1) is 6.92 Å². The third-order valence-corrected chi connectivity index (χ3v) is 1.46. The quantitative estimate of drug-likeness (QED) is 0.679. The molecule has 0 aliphatic heterocycles. The molecule has 0 amide bonds. The van der Waals surface area contributed by atoms with Crippen LogP contribution in [-0.4, -0.2) is 16.9 Å². The predicted octanol–water partition coefficient (Wildman–Crippen LogP) is 1.49. The number of carbonyl (C=O) groups is 2. The zero-order valence-corrected chi connectivity index (χ0v) is 6.75. The molecule has 0 aliphatic carbocycles. The zero-order valence-electron chi connectivity index (χ0n) is 6.75. The number of aryl methyl sites for hydroxylation is 1. The van der Waals surface area contributed by atoms with E-state index in [1.165, 1.54) is 13.0 Å². The standard InChI is InChI=1S/C8H8O4/c1-4-3-6(5(2)9)12-7(4)8(10)11/h3H,1-2H3,(H,10,11). The van der Waals surface area contributed by atoms with E-state index in [4.69, 9.17) is 9.52 Å². The lowest BCUT2D eigenvalue weighted by Gasteiger charge is -1.87. The number of rotatable bonds is 2. The fourth-order valence-corrected chi connectivity index (χ4v) is 0.868. The van der Waals surface area contributed by atoms with Crippen LogP contribution in [-0.2, 0) is 0 Å². The lowest BCUT2D eigenvalue weighted by Crippen LogP contribution is -1.95. The molecule has 64 valence electrons. The second-order valence-electron chi connectivity index (χ2n) is 2.48. The number of hydrogen-bond donors (Lipinski definition) is 1. The molecule has 4 heteroatoms. The monoisotopic (exact) mass is 168 g/mol. The minimum atomic E-state index is -1.15. The summed E-state index contributed by atoms with van der Waals surface area (Å²) in [7, 11) is 0. The van der Waals surface area contributed by atoms with Gasteiger partial charge in [-0.3, -0.25) is 4.79 Å². The Balaban J connectivity index is 3.17. The average Bonchev–Trinajstić information content (AvgIpc) is 2.30. The van der Waals surface area contributed by atoms with Gasteiger partial charge in [0.1, 0.15) is 0 Å². The van der Waals surface area contributed by atoms with Gasteiger partial charge in [0.15, 0.2) is 11.5 Å². The van der Waals surface area contributed by atoms with E-state index in [1.54, 1.807) is 6.92 Å². The van der Waals surface area contributed by atoms with Crippen molar-refractivity contribution in [1.29, 1.82) is 0 Å². The lowest BCUT2D eigenvalue weighted by atomic mass is 10.2. The van der Waals surface area contributed by atoms with E-state index in [2.05, 4.69) is 0 Å². The van der Waals surface area contributed by atoms with Gasteiger partial charge in [-0.1, -0.05) is 0 Å². The van der Waals surface area contributed by atoms with Gasteiger partial charge in [0.25, 0.3) is 0 Å². The first-order valence-electron chi connectivity index (χ1n) is 3.37. The number of Topliss-reactive ketones (excluding diaryl/α,β-unsaturated/α-hetero) is 1. The highest BCUT2D eigenvalue weighted by Gasteiger charge is 2.15. The highest BCUT2D eigenvalue weighted by molar-refractivity contribution is 5.94. The van der Waals surface area contributed by atoms with Crippen LogP contribution in [0.4, 0.5) is 0 Å². The molecule has 0 aliphatic rings. The molecule has 0 spiro atoms. The largest absolute Gasteiger partial charge is 0.475 e. The SMILES string of the molecule is CC(=O)c1cc(C)c(C(=O)O)o1. The number of aromatic carboxylic acids is 1. The molecule has 4 nitrogen and oxygen atoms in total. The predicted molar refractivity (Wildman–Crippen MR) is 40.4 cm³/mol. The van der Waals surface area contributed by atoms with Crippen molar-refractivity contribution in [2.24, 2.45) is 0 Å². The maximum Gasteiger partial charge on any atom is 0.372 e. The highest BCUT2D eigenvalue weighted by atomic mass is 16.4. The summed E-state index contributed by atoms with van der Waals surface area (Å²) in [5.74, 6) is -1.50. The summed E-state index contributed by atoms with van der Waals surface area (Å²) in [5.41, 5.74) is 0.465. The Morgan fingerprint density at radius 3 is 2.33 bits per heavy atom. The molecule has 0 fully saturated rings. The smallest absolute Gasteiger partial charge is 0.372 e. The van der Waals surface area contributed by atoms with E-state index in [1.807, 2.05) is 0 Å². The molecule has 1 aromatic heterocycles. The topological polar surface area (TPSA) is 67.5 Å². The molecule has 0 radical (unpaired) electrons. The summed E-state index contributed by atoms with van der Waals surface area (Å²) in [5, 5.41) is 8.56. The first kappa shape index (κ1) is 8.52. The maximum atomic E-state index is 10.7. The molecule has 0 saturated carbocycles. The first-order chi connectivity index (χ1) is 5.52. The van der Waals surface area contributed by atoms with Crippen LogP contribution in [0.2, 0.25) is 0 Å². The maximum absolute atomic E-state index is 10.7. The van der Waals surface area contributed by atoms with Crippen LogP contribution in [0.15, 0.2) is 10.5 Å². The third kappa shape index (κ3) is 1.37. The van der Waals surface area contributed by atoms with Crippen molar-refractivity contribution in [2.45, 2.75) is 13.8 Å².